The Kier molecular flexibility index (Phi) is 7.90. The predicted molar refractivity (Wildman–Crippen MR) is 113 cm³/mol. The molecular weight excluding hydrogens is 401 g/mol. The number of rotatable bonds is 5. The zero-order chi connectivity index (χ0) is 19.8. The van der Waals surface area contributed by atoms with Crippen molar-refractivity contribution >= 4 is 40.4 Å². The standard InChI is InChI=1S/C18H22FN5O2S2/c1-13-10-15(17(25)23-16-3-2-14(19)11-21-16)27-12-22-18(28-13)20-4-5-24-6-8-26-9-7-24/h2-3,10-11H,1,4-9,12H2,(H,20,22)(H,21,23,25)/b15-10-. The van der Waals surface area contributed by atoms with E-state index in [0.717, 1.165) is 50.8 Å². The number of anilines is 1. The maximum atomic E-state index is 12.9. The molecule has 0 bridgehead atoms. The molecule has 2 aliphatic rings. The van der Waals surface area contributed by atoms with Crippen molar-refractivity contribution in [1.29, 1.82) is 0 Å². The fraction of sp³-hybridized carbons (Fsp3) is 0.389. The Morgan fingerprint density at radius 3 is 2.93 bits per heavy atom. The van der Waals surface area contributed by atoms with Crippen LogP contribution < -0.4 is 10.6 Å². The highest BCUT2D eigenvalue weighted by Gasteiger charge is 2.16. The van der Waals surface area contributed by atoms with E-state index < -0.39 is 5.82 Å². The number of carbonyl (C=O) groups excluding carboxylic acids is 1. The number of ether oxygens (including phenoxy) is 1. The SMILES string of the molecule is C=C1/C=C(/C(=O)Nc2ccc(F)cn2)SC/N=C(/NCCN2CCOCC2)S1. The maximum absolute atomic E-state index is 12.9. The molecule has 0 radical (unpaired) electrons. The van der Waals surface area contributed by atoms with E-state index in [-0.39, 0.29) is 5.91 Å². The van der Waals surface area contributed by atoms with E-state index in [1.54, 1.807) is 6.08 Å². The van der Waals surface area contributed by atoms with Crippen molar-refractivity contribution in [1.82, 2.24) is 15.2 Å². The molecule has 0 unspecified atom stereocenters. The Balaban J connectivity index is 1.48. The molecule has 2 N–H and O–H groups in total. The monoisotopic (exact) mass is 423 g/mol. The molecule has 10 heteroatoms. The molecule has 1 aromatic heterocycles. The van der Waals surface area contributed by atoms with Gasteiger partial charge in [0.1, 0.15) is 11.6 Å². The second kappa shape index (κ2) is 10.6. The highest BCUT2D eigenvalue weighted by molar-refractivity contribution is 8.17. The third-order valence-electron chi connectivity index (χ3n) is 3.95. The number of hydrogen-bond acceptors (Lipinski definition) is 8. The quantitative estimate of drug-likeness (QED) is 0.752. The topological polar surface area (TPSA) is 78.8 Å². The second-order valence-corrected chi connectivity index (χ2v) is 8.11. The number of nitrogens with zero attached hydrogens (tertiary/aromatic N) is 3. The van der Waals surface area contributed by atoms with Gasteiger partial charge in [0.05, 0.1) is 30.2 Å². The molecule has 0 spiro atoms. The van der Waals surface area contributed by atoms with Crippen LogP contribution in [0.15, 0.2) is 45.8 Å². The fourth-order valence-electron chi connectivity index (χ4n) is 2.53. The molecule has 0 atom stereocenters. The van der Waals surface area contributed by atoms with Crippen LogP contribution in [-0.2, 0) is 9.53 Å². The Bertz CT molecular complexity index is 764. The van der Waals surface area contributed by atoms with Gasteiger partial charge < -0.3 is 15.4 Å². The average molecular weight is 424 g/mol. The molecule has 2 aliphatic heterocycles. The molecule has 0 saturated carbocycles. The number of amides is 1. The number of pyridine rings is 1. The lowest BCUT2D eigenvalue weighted by Crippen LogP contribution is -2.41. The van der Waals surface area contributed by atoms with Crippen molar-refractivity contribution < 1.29 is 13.9 Å². The minimum Gasteiger partial charge on any atom is -0.379 e. The first-order chi connectivity index (χ1) is 13.6. The molecule has 1 saturated heterocycles. The lowest BCUT2D eigenvalue weighted by atomic mass is 10.4. The number of aromatic nitrogens is 1. The van der Waals surface area contributed by atoms with Crippen LogP contribution >= 0.6 is 23.5 Å². The van der Waals surface area contributed by atoms with E-state index >= 15 is 0 Å². The van der Waals surface area contributed by atoms with Crippen LogP contribution in [0, 0.1) is 5.82 Å². The van der Waals surface area contributed by atoms with Crippen LogP contribution in [0.25, 0.3) is 0 Å². The summed E-state index contributed by atoms with van der Waals surface area (Å²) in [7, 11) is 0. The van der Waals surface area contributed by atoms with Gasteiger partial charge in [0.15, 0.2) is 5.17 Å². The molecule has 3 heterocycles. The minimum atomic E-state index is -0.453. The molecule has 0 aliphatic carbocycles. The van der Waals surface area contributed by atoms with Crippen LogP contribution in [0.1, 0.15) is 0 Å². The van der Waals surface area contributed by atoms with Crippen LogP contribution in [0.5, 0.6) is 0 Å². The van der Waals surface area contributed by atoms with Gasteiger partial charge in [-0.3, -0.25) is 14.7 Å². The molecule has 28 heavy (non-hydrogen) atoms. The number of hydrogen-bond donors (Lipinski definition) is 2. The Morgan fingerprint density at radius 1 is 1.36 bits per heavy atom. The van der Waals surface area contributed by atoms with Crippen LogP contribution in [0.3, 0.4) is 0 Å². The Hall–Kier alpha value is -1.88. The number of nitrogens with one attached hydrogen (secondary N) is 2. The van der Waals surface area contributed by atoms with Crippen LogP contribution in [0.2, 0.25) is 0 Å². The zero-order valence-electron chi connectivity index (χ0n) is 15.3. The zero-order valence-corrected chi connectivity index (χ0v) is 17.0. The lowest BCUT2D eigenvalue weighted by Gasteiger charge is -2.26. The molecular formula is C18H22FN5O2S2. The molecule has 1 aromatic rings. The normalized spacial score (nSPS) is 22.2. The van der Waals surface area contributed by atoms with Gasteiger partial charge in [-0.05, 0) is 18.2 Å². The molecule has 3 rings (SSSR count). The van der Waals surface area contributed by atoms with Gasteiger partial charge in [-0.25, -0.2) is 9.37 Å². The van der Waals surface area contributed by atoms with Gasteiger partial charge in [-0.1, -0.05) is 30.1 Å². The maximum Gasteiger partial charge on any atom is 0.263 e. The Labute approximate surface area is 171 Å². The third-order valence-corrected chi connectivity index (χ3v) is 5.67. The molecule has 150 valence electrons. The van der Waals surface area contributed by atoms with Crippen LogP contribution in [-0.4, -0.2) is 66.2 Å². The smallest absolute Gasteiger partial charge is 0.263 e. The van der Waals surface area contributed by atoms with Gasteiger partial charge in [0.2, 0.25) is 0 Å². The van der Waals surface area contributed by atoms with Crippen LogP contribution in [0.4, 0.5) is 10.2 Å². The summed E-state index contributed by atoms with van der Waals surface area (Å²) in [5.74, 6) is -0.0618. The summed E-state index contributed by atoms with van der Waals surface area (Å²) >= 11 is 2.72. The second-order valence-electron chi connectivity index (χ2n) is 6.01. The van der Waals surface area contributed by atoms with Crippen molar-refractivity contribution in [3.63, 3.8) is 0 Å². The molecule has 1 amide bonds. The predicted octanol–water partition coefficient (Wildman–Crippen LogP) is 2.27. The van der Waals surface area contributed by atoms with Crippen molar-refractivity contribution in [2.75, 3.05) is 50.6 Å². The summed E-state index contributed by atoms with van der Waals surface area (Å²) in [5, 5.41) is 6.78. The van der Waals surface area contributed by atoms with Crippen molar-refractivity contribution in [2.45, 2.75) is 0 Å². The highest BCUT2D eigenvalue weighted by Crippen LogP contribution is 2.27. The highest BCUT2D eigenvalue weighted by atomic mass is 32.2. The van der Waals surface area contributed by atoms with Crippen molar-refractivity contribution in [3.8, 4) is 0 Å². The summed E-state index contributed by atoms with van der Waals surface area (Å²) in [6.45, 7) is 9.18. The van der Waals surface area contributed by atoms with Crippen molar-refractivity contribution in [2.24, 2.45) is 4.99 Å². The van der Waals surface area contributed by atoms with E-state index in [4.69, 9.17) is 4.74 Å². The molecule has 7 nitrogen and oxygen atoms in total. The first-order valence-corrected chi connectivity index (χ1v) is 10.6. The van der Waals surface area contributed by atoms with E-state index in [1.807, 2.05) is 0 Å². The van der Waals surface area contributed by atoms with Crippen molar-refractivity contribution in [3.05, 3.63) is 46.6 Å². The molecule has 1 fully saturated rings. The number of amidine groups is 1. The average Bonchev–Trinajstić information content (AvgIpc) is 2.68. The number of halogens is 1. The molecule has 0 aromatic carbocycles. The lowest BCUT2D eigenvalue weighted by molar-refractivity contribution is -0.112. The summed E-state index contributed by atoms with van der Waals surface area (Å²) in [5.41, 5.74) is 0. The first kappa shape index (κ1) is 20.8. The van der Waals surface area contributed by atoms with E-state index in [0.29, 0.717) is 21.5 Å². The third kappa shape index (κ3) is 6.62. The number of morpholine rings is 1. The summed E-state index contributed by atoms with van der Waals surface area (Å²) in [6.07, 6.45) is 2.79. The number of allylic oxidation sites excluding steroid dienone is 1. The van der Waals surface area contributed by atoms with Gasteiger partial charge in [-0.2, -0.15) is 0 Å². The minimum absolute atomic E-state index is 0.294. The van der Waals surface area contributed by atoms with Gasteiger partial charge in [-0.15, -0.1) is 0 Å². The summed E-state index contributed by atoms with van der Waals surface area (Å²) in [6, 6.07) is 2.66. The first-order valence-electron chi connectivity index (χ1n) is 8.83. The summed E-state index contributed by atoms with van der Waals surface area (Å²) < 4.78 is 18.3. The van der Waals surface area contributed by atoms with E-state index in [1.165, 1.54) is 35.7 Å². The largest absolute Gasteiger partial charge is 0.379 e. The summed E-state index contributed by atoms with van der Waals surface area (Å²) in [4.78, 5) is 24.3. The number of thioether (sulfide) groups is 2. The van der Waals surface area contributed by atoms with E-state index in [9.17, 15) is 9.18 Å². The van der Waals surface area contributed by atoms with Gasteiger partial charge >= 0.3 is 0 Å². The van der Waals surface area contributed by atoms with E-state index in [2.05, 4.69) is 32.1 Å². The van der Waals surface area contributed by atoms with Gasteiger partial charge in [0.25, 0.3) is 5.91 Å². The fourth-order valence-corrected chi connectivity index (χ4v) is 4.16. The van der Waals surface area contributed by atoms with Gasteiger partial charge in [0, 0.05) is 31.1 Å². The number of aliphatic imine (C=N–C) groups is 1. The number of carbonyl (C=O) groups is 1. The Morgan fingerprint density at radius 2 is 2.18 bits per heavy atom.